The van der Waals surface area contributed by atoms with Crippen molar-refractivity contribution in [1.82, 2.24) is 9.29 Å². The molecule has 0 radical (unpaired) electrons. The van der Waals surface area contributed by atoms with Crippen molar-refractivity contribution < 1.29 is 13.2 Å². The van der Waals surface area contributed by atoms with E-state index in [1.54, 1.807) is 12.1 Å². The van der Waals surface area contributed by atoms with Crippen LogP contribution in [0.2, 0.25) is 0 Å². The average molecular weight is 416 g/mol. The molecule has 28 heavy (non-hydrogen) atoms. The van der Waals surface area contributed by atoms with Crippen molar-refractivity contribution in [3.63, 3.8) is 0 Å². The van der Waals surface area contributed by atoms with Crippen LogP contribution >= 0.6 is 11.3 Å². The summed E-state index contributed by atoms with van der Waals surface area (Å²) < 4.78 is 27.7. The van der Waals surface area contributed by atoms with Crippen LogP contribution in [0.5, 0.6) is 0 Å². The number of aryl methyl sites for hydroxylation is 1. The average Bonchev–Trinajstić information content (AvgIpc) is 3.36. The van der Waals surface area contributed by atoms with Gasteiger partial charge in [-0.15, -0.1) is 0 Å². The van der Waals surface area contributed by atoms with E-state index >= 15 is 0 Å². The molecule has 4 rings (SSSR count). The molecule has 1 aliphatic heterocycles. The number of hydrogen-bond acceptors (Lipinski definition) is 6. The maximum Gasteiger partial charge on any atom is 0.243 e. The number of sulfonamides is 1. The van der Waals surface area contributed by atoms with Crippen molar-refractivity contribution in [1.29, 1.82) is 0 Å². The van der Waals surface area contributed by atoms with Gasteiger partial charge in [-0.1, -0.05) is 17.4 Å². The van der Waals surface area contributed by atoms with Crippen LogP contribution in [0.4, 0.5) is 5.13 Å². The Morgan fingerprint density at radius 2 is 1.86 bits per heavy atom. The first-order valence-corrected chi connectivity index (χ1v) is 11.4. The van der Waals surface area contributed by atoms with Gasteiger partial charge in [-0.25, -0.2) is 13.4 Å². The van der Waals surface area contributed by atoms with E-state index in [2.05, 4.69) is 16.4 Å². The predicted molar refractivity (Wildman–Crippen MR) is 112 cm³/mol. The van der Waals surface area contributed by atoms with Crippen LogP contribution in [0.3, 0.4) is 0 Å². The lowest BCUT2D eigenvalue weighted by Crippen LogP contribution is -2.27. The lowest BCUT2D eigenvalue weighted by Gasteiger charge is -2.15. The number of fused-ring (bicyclic) bond motifs is 1. The molecule has 0 atom stereocenters. The Morgan fingerprint density at radius 3 is 2.57 bits per heavy atom. The second kappa shape index (κ2) is 7.62. The van der Waals surface area contributed by atoms with Crippen molar-refractivity contribution in [2.24, 2.45) is 0 Å². The lowest BCUT2D eigenvalue weighted by molar-refractivity contribution is 0.101. The highest BCUT2D eigenvalue weighted by atomic mass is 32.2. The van der Waals surface area contributed by atoms with Gasteiger partial charge in [0.05, 0.1) is 21.7 Å². The monoisotopic (exact) mass is 415 g/mol. The molecule has 1 N–H and O–H groups in total. The van der Waals surface area contributed by atoms with Crippen molar-refractivity contribution >= 4 is 42.5 Å². The molecule has 6 nitrogen and oxygen atoms in total. The van der Waals surface area contributed by atoms with Gasteiger partial charge in [0.1, 0.15) is 0 Å². The zero-order valence-electron chi connectivity index (χ0n) is 15.5. The number of carbonyl (C=O) groups excluding carboxylic acids is 1. The Balaban J connectivity index is 1.43. The summed E-state index contributed by atoms with van der Waals surface area (Å²) in [6.45, 7) is 3.27. The van der Waals surface area contributed by atoms with Gasteiger partial charge in [-0.2, -0.15) is 4.31 Å². The molecule has 8 heteroatoms. The van der Waals surface area contributed by atoms with Gasteiger partial charge in [-0.05, 0) is 61.7 Å². The van der Waals surface area contributed by atoms with Crippen LogP contribution in [0.1, 0.15) is 28.8 Å². The number of ketones is 1. The summed E-state index contributed by atoms with van der Waals surface area (Å²) >= 11 is 1.51. The minimum Gasteiger partial charge on any atom is -0.354 e. The summed E-state index contributed by atoms with van der Waals surface area (Å²) in [6.07, 6.45) is 1.79. The second-order valence-corrected chi connectivity index (χ2v) is 9.87. The lowest BCUT2D eigenvalue weighted by atomic mass is 10.1. The number of rotatable bonds is 6. The van der Waals surface area contributed by atoms with Gasteiger partial charge in [0.25, 0.3) is 0 Å². The minimum absolute atomic E-state index is 0.108. The molecule has 2 aromatic carbocycles. The molecule has 3 aromatic rings. The van der Waals surface area contributed by atoms with Crippen molar-refractivity contribution in [2.75, 3.05) is 25.0 Å². The normalized spacial score (nSPS) is 15.2. The molecule has 1 saturated heterocycles. The summed E-state index contributed by atoms with van der Waals surface area (Å²) in [5.41, 5.74) is 2.55. The topological polar surface area (TPSA) is 79.4 Å². The Morgan fingerprint density at radius 1 is 1.14 bits per heavy atom. The highest BCUT2D eigenvalue weighted by Gasteiger charge is 2.27. The fourth-order valence-corrected chi connectivity index (χ4v) is 5.73. The molecule has 0 saturated carbocycles. The number of aromatic nitrogens is 1. The third-order valence-corrected chi connectivity index (χ3v) is 7.71. The van der Waals surface area contributed by atoms with Gasteiger partial charge < -0.3 is 5.32 Å². The predicted octanol–water partition coefficient (Wildman–Crippen LogP) is 3.68. The molecule has 0 unspecified atom stereocenters. The second-order valence-electron chi connectivity index (χ2n) is 6.90. The molecular weight excluding hydrogens is 394 g/mol. The molecule has 1 fully saturated rings. The largest absolute Gasteiger partial charge is 0.354 e. The van der Waals surface area contributed by atoms with Crippen molar-refractivity contribution in [2.45, 2.75) is 24.7 Å². The number of anilines is 1. The number of hydrogen-bond donors (Lipinski definition) is 1. The SMILES string of the molecule is Cc1ccc2nc(NCC(=O)c3ccc(S(=O)(=O)N4CCCC4)cc3)sc2c1. The van der Waals surface area contributed by atoms with Crippen molar-refractivity contribution in [3.8, 4) is 0 Å². The van der Waals surface area contributed by atoms with E-state index in [-0.39, 0.29) is 17.2 Å². The van der Waals surface area contributed by atoms with Gasteiger partial charge in [0.15, 0.2) is 10.9 Å². The van der Waals surface area contributed by atoms with Crippen LogP contribution in [0.15, 0.2) is 47.4 Å². The smallest absolute Gasteiger partial charge is 0.243 e. The fraction of sp³-hybridized carbons (Fsp3) is 0.300. The Bertz CT molecular complexity index is 1120. The van der Waals surface area contributed by atoms with Crippen LogP contribution in [0.25, 0.3) is 10.2 Å². The quantitative estimate of drug-likeness (QED) is 0.621. The summed E-state index contributed by atoms with van der Waals surface area (Å²) in [7, 11) is -3.46. The minimum atomic E-state index is -3.46. The Kier molecular flexibility index (Phi) is 5.18. The number of nitrogens with zero attached hydrogens (tertiary/aromatic N) is 2. The zero-order chi connectivity index (χ0) is 19.7. The van der Waals surface area contributed by atoms with E-state index in [1.807, 2.05) is 19.1 Å². The van der Waals surface area contributed by atoms with Gasteiger partial charge in [0, 0.05) is 18.7 Å². The first-order chi connectivity index (χ1) is 13.4. The maximum absolute atomic E-state index is 12.6. The van der Waals surface area contributed by atoms with Gasteiger partial charge in [-0.3, -0.25) is 4.79 Å². The number of thiazole rings is 1. The van der Waals surface area contributed by atoms with Crippen LogP contribution in [-0.4, -0.2) is 43.1 Å². The zero-order valence-corrected chi connectivity index (χ0v) is 17.1. The van der Waals surface area contributed by atoms with Crippen LogP contribution in [0, 0.1) is 6.92 Å². The van der Waals surface area contributed by atoms with Crippen molar-refractivity contribution in [3.05, 3.63) is 53.6 Å². The highest BCUT2D eigenvalue weighted by Crippen LogP contribution is 2.26. The summed E-state index contributed by atoms with van der Waals surface area (Å²) in [5.74, 6) is -0.111. The highest BCUT2D eigenvalue weighted by molar-refractivity contribution is 7.89. The van der Waals surface area contributed by atoms with E-state index in [1.165, 1.54) is 33.3 Å². The molecule has 0 spiro atoms. The molecule has 2 heterocycles. The third-order valence-electron chi connectivity index (χ3n) is 4.82. The molecule has 1 aromatic heterocycles. The van der Waals surface area contributed by atoms with E-state index in [0.717, 1.165) is 23.1 Å². The molecular formula is C20H21N3O3S2. The van der Waals surface area contributed by atoms with Gasteiger partial charge >= 0.3 is 0 Å². The van der Waals surface area contributed by atoms with E-state index < -0.39 is 10.0 Å². The molecule has 0 aliphatic carbocycles. The number of carbonyl (C=O) groups is 1. The summed E-state index contributed by atoms with van der Waals surface area (Å²) in [4.78, 5) is 17.2. The van der Waals surface area contributed by atoms with Crippen LogP contribution < -0.4 is 5.32 Å². The first kappa shape index (κ1) is 19.0. The maximum atomic E-state index is 12.6. The standard InChI is InChI=1S/C20H21N3O3S2/c1-14-4-9-17-19(12-14)27-20(22-17)21-13-18(24)15-5-7-16(8-6-15)28(25,26)23-10-2-3-11-23/h4-9,12H,2-3,10-11,13H2,1H3,(H,21,22). The van der Waals surface area contributed by atoms with E-state index in [9.17, 15) is 13.2 Å². The number of Topliss-reactive ketones (excluding diaryl/α,β-unsaturated/α-hetero) is 1. The Labute approximate surface area is 168 Å². The number of nitrogens with one attached hydrogen (secondary N) is 1. The fourth-order valence-electron chi connectivity index (χ4n) is 3.26. The third kappa shape index (κ3) is 3.80. The van der Waals surface area contributed by atoms with E-state index in [0.29, 0.717) is 23.8 Å². The molecule has 1 aliphatic rings. The summed E-state index contributed by atoms with van der Waals surface area (Å²) in [6, 6.07) is 12.2. The molecule has 0 bridgehead atoms. The Hall–Kier alpha value is -2.29. The molecule has 0 amide bonds. The molecule has 146 valence electrons. The van der Waals surface area contributed by atoms with E-state index in [4.69, 9.17) is 0 Å². The summed E-state index contributed by atoms with van der Waals surface area (Å²) in [5, 5.41) is 3.77. The van der Waals surface area contributed by atoms with Gasteiger partial charge in [0.2, 0.25) is 10.0 Å². The van der Waals surface area contributed by atoms with Crippen LogP contribution in [-0.2, 0) is 10.0 Å². The first-order valence-electron chi connectivity index (χ1n) is 9.18. The number of benzene rings is 2.